The molecule has 4 nitrogen and oxygen atoms in total. The number of benzene rings is 1. The van der Waals surface area contributed by atoms with Crippen molar-refractivity contribution >= 4 is 16.8 Å². The molecule has 0 aliphatic rings. The fourth-order valence-electron chi connectivity index (χ4n) is 1.88. The van der Waals surface area contributed by atoms with E-state index in [1.165, 1.54) is 0 Å². The van der Waals surface area contributed by atoms with Crippen molar-refractivity contribution in [3.05, 3.63) is 35.9 Å². The Hall–Kier alpha value is -1.20. The largest absolute Gasteiger partial charge is 0.465 e. The average Bonchev–Trinajstić information content (AvgIpc) is 2.43. The molecule has 1 aromatic carbocycles. The van der Waals surface area contributed by atoms with Gasteiger partial charge in [-0.25, -0.2) is 4.79 Å². The highest BCUT2D eigenvalue weighted by molar-refractivity contribution is 7.84. The van der Waals surface area contributed by atoms with Crippen LogP contribution in [0.4, 0.5) is 0 Å². The molecule has 0 aromatic heterocycles. The van der Waals surface area contributed by atoms with E-state index in [-0.39, 0.29) is 12.0 Å². The maximum absolute atomic E-state index is 12.1. The van der Waals surface area contributed by atoms with Crippen molar-refractivity contribution in [2.75, 3.05) is 18.6 Å². The minimum absolute atomic E-state index is 0.0912. The third-order valence-corrected chi connectivity index (χ3v) is 3.76. The Morgan fingerprint density at radius 1 is 1.35 bits per heavy atom. The summed E-state index contributed by atoms with van der Waals surface area (Å²) in [6.45, 7) is 4.14. The normalized spacial score (nSPS) is 15.3. The van der Waals surface area contributed by atoms with E-state index in [1.807, 2.05) is 37.3 Å². The van der Waals surface area contributed by atoms with Crippen molar-refractivity contribution in [2.45, 2.75) is 32.4 Å². The number of hydrogen-bond acceptors (Lipinski definition) is 4. The van der Waals surface area contributed by atoms with Crippen LogP contribution < -0.4 is 5.32 Å². The molecular formula is C15H23NO3S. The highest BCUT2D eigenvalue weighted by atomic mass is 32.2. The van der Waals surface area contributed by atoms with Crippen molar-refractivity contribution in [2.24, 2.45) is 0 Å². The second-order valence-corrected chi connectivity index (χ2v) is 6.28. The van der Waals surface area contributed by atoms with Crippen LogP contribution in [0.1, 0.15) is 31.9 Å². The summed E-state index contributed by atoms with van der Waals surface area (Å²) in [4.78, 5) is 12.1. The van der Waals surface area contributed by atoms with Crippen molar-refractivity contribution in [1.82, 2.24) is 5.32 Å². The van der Waals surface area contributed by atoms with Gasteiger partial charge in [0.25, 0.3) is 0 Å². The van der Waals surface area contributed by atoms with Crippen LogP contribution in [0.3, 0.4) is 0 Å². The maximum atomic E-state index is 12.1. The first kappa shape index (κ1) is 16.9. The van der Waals surface area contributed by atoms with E-state index in [1.54, 1.807) is 13.2 Å². The molecule has 5 heteroatoms. The van der Waals surface area contributed by atoms with Gasteiger partial charge in [0.2, 0.25) is 0 Å². The van der Waals surface area contributed by atoms with Crippen molar-refractivity contribution in [1.29, 1.82) is 0 Å². The fourth-order valence-corrected chi connectivity index (χ4v) is 2.57. The molecule has 0 spiro atoms. The van der Waals surface area contributed by atoms with Crippen molar-refractivity contribution < 1.29 is 13.7 Å². The van der Waals surface area contributed by atoms with Gasteiger partial charge in [-0.3, -0.25) is 9.53 Å². The summed E-state index contributed by atoms with van der Waals surface area (Å²) in [5.41, 5.74) is 0.885. The van der Waals surface area contributed by atoms with Gasteiger partial charge in [0.1, 0.15) is 6.04 Å². The van der Waals surface area contributed by atoms with Gasteiger partial charge >= 0.3 is 5.97 Å². The predicted molar refractivity (Wildman–Crippen MR) is 82.0 cm³/mol. The predicted octanol–water partition coefficient (Wildman–Crippen LogP) is 2.04. The van der Waals surface area contributed by atoms with Gasteiger partial charge in [-0.05, 0) is 25.8 Å². The minimum atomic E-state index is -0.816. The molecule has 0 bridgehead atoms. The topological polar surface area (TPSA) is 55.4 Å². The summed E-state index contributed by atoms with van der Waals surface area (Å²) in [6.07, 6.45) is 2.44. The van der Waals surface area contributed by atoms with Crippen molar-refractivity contribution in [3.8, 4) is 0 Å². The summed E-state index contributed by atoms with van der Waals surface area (Å²) in [7, 11) is -0.816. The van der Waals surface area contributed by atoms with Crippen LogP contribution in [0.2, 0.25) is 0 Å². The standard InChI is InChI=1S/C15H23NO3S/c1-4-19-15(17)14(13-8-6-5-7-9-13)16-12(2)10-11-20(3)18/h5-9,12,14,16H,4,10-11H2,1-3H3. The van der Waals surface area contributed by atoms with E-state index in [0.29, 0.717) is 12.4 Å². The smallest absolute Gasteiger partial charge is 0.327 e. The number of nitrogens with one attached hydrogen (secondary N) is 1. The van der Waals surface area contributed by atoms with Gasteiger partial charge in [-0.15, -0.1) is 0 Å². The molecule has 0 saturated carbocycles. The molecule has 0 fully saturated rings. The highest BCUT2D eigenvalue weighted by Crippen LogP contribution is 2.16. The molecule has 112 valence electrons. The van der Waals surface area contributed by atoms with E-state index < -0.39 is 16.8 Å². The van der Waals surface area contributed by atoms with Gasteiger partial charge < -0.3 is 4.74 Å². The van der Waals surface area contributed by atoms with E-state index in [9.17, 15) is 9.00 Å². The third-order valence-electron chi connectivity index (χ3n) is 2.94. The second kappa shape index (κ2) is 8.87. The van der Waals surface area contributed by atoms with Gasteiger partial charge in [0.15, 0.2) is 0 Å². The summed E-state index contributed by atoms with van der Waals surface area (Å²) >= 11 is 0. The lowest BCUT2D eigenvalue weighted by Crippen LogP contribution is -2.37. The molecule has 0 aliphatic heterocycles. The van der Waals surface area contributed by atoms with Gasteiger partial charge in [-0.2, -0.15) is 0 Å². The van der Waals surface area contributed by atoms with Crippen LogP contribution in [-0.2, 0) is 20.3 Å². The number of rotatable bonds is 8. The Balaban J connectivity index is 2.73. The molecule has 20 heavy (non-hydrogen) atoms. The zero-order valence-corrected chi connectivity index (χ0v) is 13.1. The monoisotopic (exact) mass is 297 g/mol. The minimum Gasteiger partial charge on any atom is -0.465 e. The molecule has 1 N–H and O–H groups in total. The molecule has 3 unspecified atom stereocenters. The fraction of sp³-hybridized carbons (Fsp3) is 0.533. The Morgan fingerprint density at radius 2 is 2.00 bits per heavy atom. The lowest BCUT2D eigenvalue weighted by Gasteiger charge is -2.22. The zero-order valence-electron chi connectivity index (χ0n) is 12.3. The molecule has 3 atom stereocenters. The highest BCUT2D eigenvalue weighted by Gasteiger charge is 2.23. The molecule has 1 aromatic rings. The first-order chi connectivity index (χ1) is 9.54. The van der Waals surface area contributed by atoms with E-state index >= 15 is 0 Å². The summed E-state index contributed by atoms with van der Waals surface area (Å²) in [6, 6.07) is 9.13. The molecule has 0 saturated heterocycles. The molecule has 0 radical (unpaired) electrons. The molecule has 1 rings (SSSR count). The first-order valence-corrected chi connectivity index (χ1v) is 8.55. The van der Waals surface area contributed by atoms with Crippen molar-refractivity contribution in [3.63, 3.8) is 0 Å². The lowest BCUT2D eigenvalue weighted by atomic mass is 10.1. The Morgan fingerprint density at radius 3 is 2.55 bits per heavy atom. The first-order valence-electron chi connectivity index (χ1n) is 6.82. The number of carbonyl (C=O) groups is 1. The number of hydrogen-bond donors (Lipinski definition) is 1. The van der Waals surface area contributed by atoms with Crippen LogP contribution in [0.5, 0.6) is 0 Å². The Kier molecular flexibility index (Phi) is 7.47. The van der Waals surface area contributed by atoms with E-state index in [0.717, 1.165) is 12.0 Å². The summed E-state index contributed by atoms with van der Waals surface area (Å²) in [5.74, 6) is 0.349. The van der Waals surface area contributed by atoms with Crippen LogP contribution in [-0.4, -0.2) is 34.8 Å². The molecule has 0 heterocycles. The molecule has 0 amide bonds. The molecule has 0 aliphatic carbocycles. The van der Waals surface area contributed by atoms with E-state index in [2.05, 4.69) is 5.32 Å². The SMILES string of the molecule is CCOC(=O)C(NC(C)CCS(C)=O)c1ccccc1. The lowest BCUT2D eigenvalue weighted by molar-refractivity contribution is -0.146. The van der Waals surface area contributed by atoms with Crippen LogP contribution >= 0.6 is 0 Å². The van der Waals surface area contributed by atoms with Crippen LogP contribution in [0.15, 0.2) is 30.3 Å². The number of ether oxygens (including phenoxy) is 1. The third kappa shape index (κ3) is 5.84. The van der Waals surface area contributed by atoms with Gasteiger partial charge in [0, 0.05) is 28.9 Å². The maximum Gasteiger partial charge on any atom is 0.327 e. The quantitative estimate of drug-likeness (QED) is 0.746. The Labute approximate surface area is 123 Å². The zero-order chi connectivity index (χ0) is 15.0. The summed E-state index contributed by atoms with van der Waals surface area (Å²) < 4.78 is 16.3. The van der Waals surface area contributed by atoms with E-state index in [4.69, 9.17) is 4.74 Å². The average molecular weight is 297 g/mol. The van der Waals surface area contributed by atoms with Crippen LogP contribution in [0.25, 0.3) is 0 Å². The summed E-state index contributed by atoms with van der Waals surface area (Å²) in [5, 5.41) is 3.26. The number of carbonyl (C=O) groups excluding carboxylic acids is 1. The number of esters is 1. The van der Waals surface area contributed by atoms with Crippen LogP contribution in [0, 0.1) is 0 Å². The Bertz CT molecular complexity index is 436. The molecular weight excluding hydrogens is 274 g/mol. The van der Waals surface area contributed by atoms with Gasteiger partial charge in [0.05, 0.1) is 6.61 Å². The van der Waals surface area contributed by atoms with Gasteiger partial charge in [-0.1, -0.05) is 30.3 Å². The second-order valence-electron chi connectivity index (χ2n) is 4.73.